The van der Waals surface area contributed by atoms with Gasteiger partial charge in [0.25, 0.3) is 0 Å². The van der Waals surface area contributed by atoms with Crippen molar-refractivity contribution in [2.24, 2.45) is 5.92 Å². The van der Waals surface area contributed by atoms with E-state index in [4.69, 9.17) is 0 Å². The molecular weight excluding hydrogens is 270 g/mol. The summed E-state index contributed by atoms with van der Waals surface area (Å²) in [7, 11) is 0. The lowest BCUT2D eigenvalue weighted by Gasteiger charge is -2.35. The van der Waals surface area contributed by atoms with Crippen molar-refractivity contribution in [3.05, 3.63) is 35.4 Å². The molecule has 1 saturated heterocycles. The second-order valence-corrected chi connectivity index (χ2v) is 6.10. The molecule has 1 aromatic carbocycles. The molecule has 21 heavy (non-hydrogen) atoms. The Bertz CT molecular complexity index is 442. The molecule has 0 saturated carbocycles. The van der Waals surface area contributed by atoms with Crippen LogP contribution in [0, 0.1) is 17.6 Å². The van der Waals surface area contributed by atoms with Gasteiger partial charge in [-0.15, -0.1) is 0 Å². The van der Waals surface area contributed by atoms with Gasteiger partial charge < -0.3 is 10.2 Å². The number of nitrogens with one attached hydrogen (secondary N) is 1. The molecule has 0 bridgehead atoms. The number of likely N-dealkylation sites (tertiary alicyclic amines) is 1. The topological polar surface area (TPSA) is 15.3 Å². The molecule has 0 aromatic heterocycles. The average molecular weight is 296 g/mol. The van der Waals surface area contributed by atoms with Crippen molar-refractivity contribution in [2.45, 2.75) is 45.7 Å². The smallest absolute Gasteiger partial charge is 0.159 e. The van der Waals surface area contributed by atoms with Crippen LogP contribution in [-0.2, 0) is 6.54 Å². The second-order valence-electron chi connectivity index (χ2n) is 6.10. The highest BCUT2D eigenvalue weighted by Crippen LogP contribution is 2.21. The summed E-state index contributed by atoms with van der Waals surface area (Å²) in [4.78, 5) is 2.53. The van der Waals surface area contributed by atoms with E-state index in [0.29, 0.717) is 18.5 Å². The van der Waals surface area contributed by atoms with Crippen LogP contribution in [0.25, 0.3) is 0 Å². The van der Waals surface area contributed by atoms with Crippen LogP contribution in [0.3, 0.4) is 0 Å². The standard InChI is InChI=1S/C17H26F2N2/c1-3-8-21-9-6-15(7-10-21)13(2)20-12-14-4-5-16(18)17(19)11-14/h4-5,11,13,15,20H,3,6-10,12H2,1-2H3. The first-order chi connectivity index (χ1) is 10.1. The predicted molar refractivity (Wildman–Crippen MR) is 82.1 cm³/mol. The Kier molecular flexibility index (Phi) is 6.12. The first-order valence-corrected chi connectivity index (χ1v) is 7.99. The third kappa shape index (κ3) is 4.75. The maximum absolute atomic E-state index is 13.2. The van der Waals surface area contributed by atoms with Gasteiger partial charge in [0.15, 0.2) is 11.6 Å². The van der Waals surface area contributed by atoms with Crippen LogP contribution in [0.4, 0.5) is 8.78 Å². The van der Waals surface area contributed by atoms with E-state index in [9.17, 15) is 8.78 Å². The molecule has 0 amide bonds. The lowest BCUT2D eigenvalue weighted by molar-refractivity contribution is 0.162. The van der Waals surface area contributed by atoms with Gasteiger partial charge >= 0.3 is 0 Å². The van der Waals surface area contributed by atoms with Crippen molar-refractivity contribution in [2.75, 3.05) is 19.6 Å². The van der Waals surface area contributed by atoms with Crippen molar-refractivity contribution < 1.29 is 8.78 Å². The van der Waals surface area contributed by atoms with Crippen LogP contribution < -0.4 is 5.32 Å². The first-order valence-electron chi connectivity index (χ1n) is 7.99. The van der Waals surface area contributed by atoms with Gasteiger partial charge in [-0.3, -0.25) is 0 Å². The van der Waals surface area contributed by atoms with Crippen LogP contribution in [0.2, 0.25) is 0 Å². The van der Waals surface area contributed by atoms with Crippen LogP contribution >= 0.6 is 0 Å². The minimum Gasteiger partial charge on any atom is -0.310 e. The Labute approximate surface area is 126 Å². The number of piperidine rings is 1. The lowest BCUT2D eigenvalue weighted by Crippen LogP contribution is -2.41. The Hall–Kier alpha value is -1.00. The molecule has 1 atom stereocenters. The molecule has 1 unspecified atom stereocenters. The van der Waals surface area contributed by atoms with E-state index in [1.165, 1.54) is 51.0 Å². The van der Waals surface area contributed by atoms with E-state index in [0.717, 1.165) is 5.56 Å². The molecule has 1 aliphatic rings. The first kappa shape index (κ1) is 16.4. The second kappa shape index (κ2) is 7.85. The summed E-state index contributed by atoms with van der Waals surface area (Å²) in [6.07, 6.45) is 3.65. The molecule has 118 valence electrons. The van der Waals surface area contributed by atoms with Crippen LogP contribution in [0.1, 0.15) is 38.7 Å². The molecule has 4 heteroatoms. The fraction of sp³-hybridized carbons (Fsp3) is 0.647. The SMILES string of the molecule is CCCN1CCC(C(C)NCc2ccc(F)c(F)c2)CC1. The number of hydrogen-bond donors (Lipinski definition) is 1. The van der Waals surface area contributed by atoms with Crippen molar-refractivity contribution >= 4 is 0 Å². The van der Waals surface area contributed by atoms with Crippen molar-refractivity contribution in [1.82, 2.24) is 10.2 Å². The summed E-state index contributed by atoms with van der Waals surface area (Å²) in [6, 6.07) is 4.52. The molecule has 2 nitrogen and oxygen atoms in total. The van der Waals surface area contributed by atoms with Crippen molar-refractivity contribution in [1.29, 1.82) is 0 Å². The Balaban J connectivity index is 1.77. The normalized spacial score (nSPS) is 18.9. The zero-order valence-corrected chi connectivity index (χ0v) is 13.0. The molecular formula is C17H26F2N2. The largest absolute Gasteiger partial charge is 0.310 e. The van der Waals surface area contributed by atoms with Gasteiger partial charge in [0, 0.05) is 12.6 Å². The van der Waals surface area contributed by atoms with Gasteiger partial charge in [-0.2, -0.15) is 0 Å². The fourth-order valence-electron chi connectivity index (χ4n) is 3.09. The van der Waals surface area contributed by atoms with Crippen LogP contribution in [0.15, 0.2) is 18.2 Å². The quantitative estimate of drug-likeness (QED) is 0.863. The summed E-state index contributed by atoms with van der Waals surface area (Å²) >= 11 is 0. The van der Waals surface area contributed by atoms with Gasteiger partial charge in [-0.25, -0.2) is 8.78 Å². The summed E-state index contributed by atoms with van der Waals surface area (Å²) in [5.74, 6) is -0.881. The van der Waals surface area contributed by atoms with E-state index in [-0.39, 0.29) is 0 Å². The maximum atomic E-state index is 13.2. The molecule has 1 N–H and O–H groups in total. The number of hydrogen-bond acceptors (Lipinski definition) is 2. The minimum absolute atomic E-state index is 0.405. The molecule has 0 spiro atoms. The zero-order valence-electron chi connectivity index (χ0n) is 13.0. The summed E-state index contributed by atoms with van der Waals surface area (Å²) in [5, 5.41) is 3.45. The predicted octanol–water partition coefficient (Wildman–Crippen LogP) is 3.56. The van der Waals surface area contributed by atoms with Crippen molar-refractivity contribution in [3.8, 4) is 0 Å². The molecule has 1 fully saturated rings. The zero-order chi connectivity index (χ0) is 15.2. The highest BCUT2D eigenvalue weighted by molar-refractivity contribution is 5.17. The van der Waals surface area contributed by atoms with Gasteiger partial charge in [0.05, 0.1) is 0 Å². The van der Waals surface area contributed by atoms with Gasteiger partial charge in [0.2, 0.25) is 0 Å². The Morgan fingerprint density at radius 2 is 1.95 bits per heavy atom. The number of benzene rings is 1. The van der Waals surface area contributed by atoms with Gasteiger partial charge in [-0.05, 0) is 69.4 Å². The highest BCUT2D eigenvalue weighted by Gasteiger charge is 2.23. The van der Waals surface area contributed by atoms with Gasteiger partial charge in [0.1, 0.15) is 0 Å². The number of rotatable bonds is 6. The monoisotopic (exact) mass is 296 g/mol. The lowest BCUT2D eigenvalue weighted by atomic mass is 9.90. The summed E-state index contributed by atoms with van der Waals surface area (Å²) in [5.41, 5.74) is 0.796. The van der Waals surface area contributed by atoms with Crippen molar-refractivity contribution in [3.63, 3.8) is 0 Å². The summed E-state index contributed by atoms with van der Waals surface area (Å²) < 4.78 is 26.1. The Morgan fingerprint density at radius 3 is 2.57 bits per heavy atom. The van der Waals surface area contributed by atoms with E-state index < -0.39 is 11.6 Å². The fourth-order valence-corrected chi connectivity index (χ4v) is 3.09. The number of halogens is 2. The third-order valence-electron chi connectivity index (χ3n) is 4.49. The van der Waals surface area contributed by atoms with Crippen LogP contribution in [0.5, 0.6) is 0 Å². The summed E-state index contributed by atoms with van der Waals surface area (Å²) in [6.45, 7) is 8.56. The van der Waals surface area contributed by atoms with E-state index in [2.05, 4.69) is 24.1 Å². The molecule has 1 heterocycles. The minimum atomic E-state index is -0.782. The Morgan fingerprint density at radius 1 is 1.24 bits per heavy atom. The molecule has 1 aromatic rings. The molecule has 0 radical (unpaired) electrons. The van der Waals surface area contributed by atoms with E-state index in [1.54, 1.807) is 6.07 Å². The van der Waals surface area contributed by atoms with Gasteiger partial charge in [-0.1, -0.05) is 13.0 Å². The molecule has 2 rings (SSSR count). The third-order valence-corrected chi connectivity index (χ3v) is 4.49. The number of nitrogens with zero attached hydrogens (tertiary/aromatic N) is 1. The van der Waals surface area contributed by atoms with Crippen LogP contribution in [-0.4, -0.2) is 30.6 Å². The average Bonchev–Trinajstić information content (AvgIpc) is 2.49. The molecule has 0 aliphatic carbocycles. The highest BCUT2D eigenvalue weighted by atomic mass is 19.2. The maximum Gasteiger partial charge on any atom is 0.159 e. The molecule has 1 aliphatic heterocycles. The van der Waals surface area contributed by atoms with E-state index >= 15 is 0 Å². The van der Waals surface area contributed by atoms with E-state index in [1.807, 2.05) is 0 Å².